The fourth-order valence-electron chi connectivity index (χ4n) is 1.57. The predicted octanol–water partition coefficient (Wildman–Crippen LogP) is 1.92. The summed E-state index contributed by atoms with van der Waals surface area (Å²) in [6, 6.07) is -0.0380. The maximum atomic E-state index is 7.92. The Kier molecular flexibility index (Phi) is 2.44. The summed E-state index contributed by atoms with van der Waals surface area (Å²) in [5.74, 6) is 0. The van der Waals surface area contributed by atoms with E-state index in [9.17, 15) is 0 Å². The second kappa shape index (κ2) is 3.50. The molecule has 0 spiro atoms. The van der Waals surface area contributed by atoms with Crippen molar-refractivity contribution in [1.82, 2.24) is 10.2 Å². The molecule has 80 valence electrons. The number of H-pyrrole nitrogens is 1. The van der Waals surface area contributed by atoms with Crippen molar-refractivity contribution in [2.45, 2.75) is 31.7 Å². The molecule has 0 saturated carbocycles. The molecular weight excluding hydrogens is 208 g/mol. The Hall–Kier alpha value is -1.07. The minimum Gasteiger partial charge on any atom is -0.324 e. The minimum absolute atomic E-state index is 0.0380. The van der Waals surface area contributed by atoms with Crippen LogP contribution >= 0.6 is 11.8 Å². The van der Waals surface area contributed by atoms with Crippen molar-refractivity contribution in [2.24, 2.45) is 5.73 Å². The third-order valence-electron chi connectivity index (χ3n) is 2.64. The van der Waals surface area contributed by atoms with Gasteiger partial charge in [-0.1, -0.05) is 11.8 Å². The molecule has 1 aromatic rings. The normalized spacial score (nSPS) is 20.4. The SMILES string of the molecule is C/C(=C1/C(=N)Sc2c1n[nH]c2C)C(C)N. The molecule has 5 heteroatoms. The molecule has 0 bridgehead atoms. The van der Waals surface area contributed by atoms with Gasteiger partial charge in [0.05, 0.1) is 4.90 Å². The number of aryl methyl sites for hydroxylation is 1. The molecule has 2 heterocycles. The van der Waals surface area contributed by atoms with Crippen molar-refractivity contribution in [3.8, 4) is 0 Å². The van der Waals surface area contributed by atoms with Gasteiger partial charge in [0.1, 0.15) is 10.7 Å². The molecule has 1 unspecified atom stereocenters. The Balaban J connectivity index is 2.60. The lowest BCUT2D eigenvalue weighted by atomic mass is 10.0. The Morgan fingerprint density at radius 3 is 2.87 bits per heavy atom. The van der Waals surface area contributed by atoms with Gasteiger partial charge in [-0.2, -0.15) is 5.10 Å². The highest BCUT2D eigenvalue weighted by atomic mass is 32.2. The van der Waals surface area contributed by atoms with E-state index in [0.29, 0.717) is 5.04 Å². The van der Waals surface area contributed by atoms with Crippen molar-refractivity contribution >= 4 is 22.4 Å². The standard InChI is InChI=1S/C10H14N4S/c1-4(5(2)11)7-8-9(15-10(7)12)6(3)13-14-8/h5,12H,11H2,1-3H3,(H,13,14)/b7-4-,12-10?. The van der Waals surface area contributed by atoms with E-state index in [0.717, 1.165) is 27.4 Å². The Morgan fingerprint density at radius 2 is 2.27 bits per heavy atom. The van der Waals surface area contributed by atoms with Crippen LogP contribution in [0.4, 0.5) is 0 Å². The number of hydrogen-bond acceptors (Lipinski definition) is 4. The Morgan fingerprint density at radius 1 is 1.60 bits per heavy atom. The van der Waals surface area contributed by atoms with E-state index in [1.807, 2.05) is 20.8 Å². The van der Waals surface area contributed by atoms with Crippen LogP contribution in [-0.4, -0.2) is 21.3 Å². The first kappa shape index (κ1) is 10.4. The summed E-state index contributed by atoms with van der Waals surface area (Å²) in [5.41, 5.74) is 9.67. The number of aromatic amines is 1. The topological polar surface area (TPSA) is 78.5 Å². The summed E-state index contributed by atoms with van der Waals surface area (Å²) >= 11 is 1.45. The van der Waals surface area contributed by atoms with Crippen molar-refractivity contribution in [3.63, 3.8) is 0 Å². The van der Waals surface area contributed by atoms with E-state index in [-0.39, 0.29) is 6.04 Å². The lowest BCUT2D eigenvalue weighted by Crippen LogP contribution is -2.18. The van der Waals surface area contributed by atoms with Crippen LogP contribution in [0.25, 0.3) is 5.57 Å². The molecule has 2 rings (SSSR count). The maximum absolute atomic E-state index is 7.92. The zero-order valence-electron chi connectivity index (χ0n) is 9.01. The quantitative estimate of drug-likeness (QED) is 0.679. The first-order valence-electron chi connectivity index (χ1n) is 4.80. The van der Waals surface area contributed by atoms with E-state index in [1.54, 1.807) is 0 Å². The van der Waals surface area contributed by atoms with Gasteiger partial charge in [0.25, 0.3) is 0 Å². The number of thioether (sulfide) groups is 1. The van der Waals surface area contributed by atoms with Gasteiger partial charge < -0.3 is 5.73 Å². The highest BCUT2D eigenvalue weighted by Gasteiger charge is 2.29. The number of fused-ring (bicyclic) bond motifs is 1. The van der Waals surface area contributed by atoms with Crippen molar-refractivity contribution in [2.75, 3.05) is 0 Å². The summed E-state index contributed by atoms with van der Waals surface area (Å²) in [6.45, 7) is 5.86. The van der Waals surface area contributed by atoms with Gasteiger partial charge in [0.2, 0.25) is 0 Å². The van der Waals surface area contributed by atoms with E-state index in [4.69, 9.17) is 11.1 Å². The van der Waals surface area contributed by atoms with E-state index >= 15 is 0 Å². The van der Waals surface area contributed by atoms with Gasteiger partial charge in [-0.25, -0.2) is 0 Å². The van der Waals surface area contributed by atoms with Crippen LogP contribution in [0.5, 0.6) is 0 Å². The highest BCUT2D eigenvalue weighted by Crippen LogP contribution is 2.42. The molecule has 0 aliphatic carbocycles. The number of rotatable bonds is 1. The van der Waals surface area contributed by atoms with Crippen LogP contribution < -0.4 is 5.73 Å². The first-order chi connectivity index (χ1) is 7.02. The molecule has 4 N–H and O–H groups in total. The van der Waals surface area contributed by atoms with Crippen LogP contribution in [0, 0.1) is 12.3 Å². The molecule has 0 radical (unpaired) electrons. The summed E-state index contributed by atoms with van der Waals surface area (Å²) in [4.78, 5) is 1.06. The summed E-state index contributed by atoms with van der Waals surface area (Å²) in [7, 11) is 0. The fraction of sp³-hybridized carbons (Fsp3) is 0.400. The predicted molar refractivity (Wildman–Crippen MR) is 63.2 cm³/mol. The van der Waals surface area contributed by atoms with Gasteiger partial charge in [0.15, 0.2) is 0 Å². The molecule has 0 aromatic carbocycles. The number of nitrogens with one attached hydrogen (secondary N) is 2. The van der Waals surface area contributed by atoms with Crippen LogP contribution in [0.2, 0.25) is 0 Å². The van der Waals surface area contributed by atoms with Gasteiger partial charge >= 0.3 is 0 Å². The van der Waals surface area contributed by atoms with Crippen molar-refractivity contribution in [1.29, 1.82) is 5.41 Å². The fourth-order valence-corrected chi connectivity index (χ4v) is 2.57. The van der Waals surface area contributed by atoms with Gasteiger partial charge in [-0.05, 0) is 26.3 Å². The zero-order valence-corrected chi connectivity index (χ0v) is 9.83. The molecule has 0 saturated heterocycles. The largest absolute Gasteiger partial charge is 0.324 e. The van der Waals surface area contributed by atoms with Gasteiger partial charge in [-0.15, -0.1) is 0 Å². The second-order valence-electron chi connectivity index (χ2n) is 3.80. The first-order valence-corrected chi connectivity index (χ1v) is 5.62. The highest BCUT2D eigenvalue weighted by molar-refractivity contribution is 8.15. The molecule has 4 nitrogen and oxygen atoms in total. The molecule has 1 atom stereocenters. The molecule has 15 heavy (non-hydrogen) atoms. The maximum Gasteiger partial charge on any atom is 0.109 e. The van der Waals surface area contributed by atoms with Crippen LogP contribution in [0.15, 0.2) is 10.5 Å². The van der Waals surface area contributed by atoms with Crippen LogP contribution in [0.1, 0.15) is 25.2 Å². The number of aromatic nitrogens is 2. The second-order valence-corrected chi connectivity index (χ2v) is 4.82. The number of nitrogens with zero attached hydrogens (tertiary/aromatic N) is 1. The Labute approximate surface area is 92.8 Å². The summed E-state index contributed by atoms with van der Waals surface area (Å²) < 4.78 is 0. The summed E-state index contributed by atoms with van der Waals surface area (Å²) in [6.07, 6.45) is 0. The van der Waals surface area contributed by atoms with Crippen LogP contribution in [0.3, 0.4) is 0 Å². The Bertz CT molecular complexity index is 456. The monoisotopic (exact) mass is 222 g/mol. The smallest absolute Gasteiger partial charge is 0.109 e. The molecule has 1 aliphatic rings. The van der Waals surface area contributed by atoms with Gasteiger partial charge in [0, 0.05) is 17.3 Å². The average molecular weight is 222 g/mol. The van der Waals surface area contributed by atoms with E-state index < -0.39 is 0 Å². The average Bonchev–Trinajstić information content (AvgIpc) is 2.65. The molecule has 0 fully saturated rings. The number of hydrogen-bond donors (Lipinski definition) is 3. The third-order valence-corrected chi connectivity index (χ3v) is 3.75. The minimum atomic E-state index is -0.0380. The van der Waals surface area contributed by atoms with Crippen molar-refractivity contribution in [3.05, 3.63) is 17.0 Å². The lowest BCUT2D eigenvalue weighted by molar-refractivity contribution is 0.864. The summed E-state index contributed by atoms with van der Waals surface area (Å²) in [5, 5.41) is 15.7. The van der Waals surface area contributed by atoms with Crippen molar-refractivity contribution < 1.29 is 0 Å². The van der Waals surface area contributed by atoms with E-state index in [1.165, 1.54) is 11.8 Å². The molecule has 1 aliphatic heterocycles. The lowest BCUT2D eigenvalue weighted by Gasteiger charge is -2.08. The van der Waals surface area contributed by atoms with Gasteiger partial charge in [-0.3, -0.25) is 10.5 Å². The molecule has 1 aromatic heterocycles. The molecule has 0 amide bonds. The molecular formula is C10H14N4S. The van der Waals surface area contributed by atoms with Crippen LogP contribution in [-0.2, 0) is 0 Å². The zero-order chi connectivity index (χ0) is 11.2. The number of nitrogens with two attached hydrogens (primary N) is 1. The van der Waals surface area contributed by atoms with E-state index in [2.05, 4.69) is 10.2 Å². The third kappa shape index (κ3) is 1.52.